The molecule has 1 unspecified atom stereocenters. The molecule has 21 heavy (non-hydrogen) atoms. The predicted octanol–water partition coefficient (Wildman–Crippen LogP) is 2.93. The fourth-order valence-electron chi connectivity index (χ4n) is 2.41. The number of ketones is 1. The second kappa shape index (κ2) is 5.26. The number of hydrogen-bond donors (Lipinski definition) is 2. The van der Waals surface area contributed by atoms with Gasteiger partial charge in [-0.15, -0.1) is 0 Å². The number of carbonyl (C=O) groups excluding carboxylic acids is 1. The number of carboxylic acid groups (broad SMARTS) is 1. The molecule has 7 heteroatoms. The Labute approximate surface area is 121 Å². The van der Waals surface area contributed by atoms with E-state index in [1.54, 1.807) is 6.92 Å². The summed E-state index contributed by atoms with van der Waals surface area (Å²) in [4.78, 5) is 21.3. The lowest BCUT2D eigenvalue weighted by atomic mass is 9.85. The van der Waals surface area contributed by atoms with Gasteiger partial charge in [-0.1, -0.05) is 6.92 Å². The molecule has 0 aromatic carbocycles. The fraction of sp³-hybridized carbons (Fsp3) is 0.857. The van der Waals surface area contributed by atoms with Crippen molar-refractivity contribution in [2.45, 2.75) is 64.7 Å². The molecule has 2 N–H and O–H groups in total. The highest BCUT2D eigenvalue weighted by molar-refractivity contribution is 5.84. The topological polar surface area (TPSA) is 74.6 Å². The van der Waals surface area contributed by atoms with Gasteiger partial charge in [0, 0.05) is 5.41 Å². The number of aliphatic carboxylic acids is 1. The first kappa shape index (κ1) is 17.9. The molecule has 0 aromatic heterocycles. The van der Waals surface area contributed by atoms with E-state index in [4.69, 9.17) is 10.2 Å². The Balaban J connectivity index is 0.000000235. The van der Waals surface area contributed by atoms with Gasteiger partial charge in [0.25, 0.3) is 0 Å². The van der Waals surface area contributed by atoms with Gasteiger partial charge < -0.3 is 10.2 Å². The Bertz CT molecular complexity index is 432. The molecular weight excluding hydrogens is 289 g/mol. The molecule has 122 valence electrons. The average molecular weight is 310 g/mol. The number of halogens is 3. The molecular formula is C14H21F3O4. The summed E-state index contributed by atoms with van der Waals surface area (Å²) in [6.45, 7) is 4.30. The summed E-state index contributed by atoms with van der Waals surface area (Å²) >= 11 is 0. The summed E-state index contributed by atoms with van der Waals surface area (Å²) in [5.74, 6) is -1.20. The van der Waals surface area contributed by atoms with Crippen LogP contribution in [0.5, 0.6) is 0 Å². The molecule has 2 aliphatic rings. The summed E-state index contributed by atoms with van der Waals surface area (Å²) in [7, 11) is 0. The molecule has 2 aliphatic carbocycles. The molecule has 0 radical (unpaired) electrons. The number of alkyl halides is 3. The Morgan fingerprint density at radius 2 is 1.57 bits per heavy atom. The first-order valence-electron chi connectivity index (χ1n) is 6.90. The second-order valence-corrected chi connectivity index (χ2v) is 6.15. The maximum atomic E-state index is 12.2. The third kappa shape index (κ3) is 3.07. The minimum Gasteiger partial charge on any atom is -0.481 e. The van der Waals surface area contributed by atoms with Crippen LogP contribution in [0.1, 0.15) is 52.9 Å². The van der Waals surface area contributed by atoms with E-state index in [9.17, 15) is 22.8 Å². The summed E-state index contributed by atoms with van der Waals surface area (Å²) in [5.41, 5.74) is -5.00. The van der Waals surface area contributed by atoms with Crippen LogP contribution in [0.25, 0.3) is 0 Å². The van der Waals surface area contributed by atoms with Gasteiger partial charge in [0.2, 0.25) is 0 Å². The molecule has 4 nitrogen and oxygen atoms in total. The predicted molar refractivity (Wildman–Crippen MR) is 68.6 cm³/mol. The largest absolute Gasteiger partial charge is 0.481 e. The summed E-state index contributed by atoms with van der Waals surface area (Å²) in [5, 5.41) is 17.6. The van der Waals surface area contributed by atoms with Gasteiger partial charge in [0.05, 0.1) is 0 Å². The van der Waals surface area contributed by atoms with Gasteiger partial charge in [0.1, 0.15) is 11.2 Å². The Kier molecular flexibility index (Phi) is 4.50. The van der Waals surface area contributed by atoms with E-state index in [0.29, 0.717) is 12.7 Å². The van der Waals surface area contributed by atoms with Crippen molar-refractivity contribution < 1.29 is 33.0 Å². The lowest BCUT2D eigenvalue weighted by molar-refractivity contribution is -0.277. The molecule has 0 spiro atoms. The Morgan fingerprint density at radius 3 is 1.62 bits per heavy atom. The molecule has 2 saturated carbocycles. The third-order valence-electron chi connectivity index (χ3n) is 4.92. The van der Waals surface area contributed by atoms with Gasteiger partial charge in [-0.25, -0.2) is 0 Å². The van der Waals surface area contributed by atoms with E-state index in [2.05, 4.69) is 6.92 Å². The first-order valence-corrected chi connectivity index (χ1v) is 6.90. The maximum Gasteiger partial charge on any atom is 0.418 e. The molecule has 0 saturated heterocycles. The highest BCUT2D eigenvalue weighted by Crippen LogP contribution is 2.59. The Morgan fingerprint density at radius 1 is 1.14 bits per heavy atom. The quantitative estimate of drug-likeness (QED) is 0.837. The second-order valence-electron chi connectivity index (χ2n) is 6.15. The Hall–Kier alpha value is -1.11. The van der Waals surface area contributed by atoms with Crippen LogP contribution < -0.4 is 0 Å². The number of carboxylic acids is 1. The van der Waals surface area contributed by atoms with Crippen LogP contribution in [-0.4, -0.2) is 33.7 Å². The van der Waals surface area contributed by atoms with Crippen molar-refractivity contribution in [1.29, 1.82) is 0 Å². The van der Waals surface area contributed by atoms with Crippen molar-refractivity contribution in [2.75, 3.05) is 0 Å². The molecule has 0 aromatic rings. The monoisotopic (exact) mass is 310 g/mol. The average Bonchev–Trinajstić information content (AvgIpc) is 3.22. The van der Waals surface area contributed by atoms with Crippen LogP contribution in [0.2, 0.25) is 0 Å². The minimum atomic E-state index is -4.90. The van der Waals surface area contributed by atoms with Crippen molar-refractivity contribution in [2.24, 2.45) is 10.8 Å². The van der Waals surface area contributed by atoms with Crippen LogP contribution >= 0.6 is 0 Å². The number of aliphatic hydroxyl groups is 1. The molecule has 0 bridgehead atoms. The molecule has 0 amide bonds. The molecule has 2 rings (SSSR count). The number of carbonyl (C=O) groups is 2. The summed E-state index contributed by atoms with van der Waals surface area (Å²) in [6, 6.07) is 0. The SMILES string of the molecule is CC(O)(C(F)(F)F)C1(C(=O)O)CC1.CCC1(C(C)=O)CC1. The number of hydrogen-bond acceptors (Lipinski definition) is 3. The third-order valence-corrected chi connectivity index (χ3v) is 4.92. The lowest BCUT2D eigenvalue weighted by Crippen LogP contribution is -2.53. The van der Waals surface area contributed by atoms with E-state index in [1.165, 1.54) is 0 Å². The van der Waals surface area contributed by atoms with Gasteiger partial charge in [0.15, 0.2) is 5.60 Å². The first-order chi connectivity index (χ1) is 9.36. The summed E-state index contributed by atoms with van der Waals surface area (Å²) < 4.78 is 36.6. The normalized spacial score (nSPS) is 24.1. The number of Topliss-reactive ketones (excluding diaryl/α,β-unsaturated/α-hetero) is 1. The van der Waals surface area contributed by atoms with Crippen molar-refractivity contribution in [3.05, 3.63) is 0 Å². The van der Waals surface area contributed by atoms with E-state index in [-0.39, 0.29) is 18.3 Å². The summed E-state index contributed by atoms with van der Waals surface area (Å²) in [6.07, 6.45) is -1.84. The molecule has 0 aliphatic heterocycles. The van der Waals surface area contributed by atoms with Crippen molar-refractivity contribution >= 4 is 11.8 Å². The standard InChI is InChI=1S/C7H9F3O3.C7H12O/c1-5(13,7(8,9)10)6(2-3-6)4(11)12;1-3-7(4-5-7)6(2)8/h13H,2-3H2,1H3,(H,11,12);3-5H2,1-2H3. The van der Waals surface area contributed by atoms with Gasteiger partial charge in [-0.05, 0) is 46.0 Å². The van der Waals surface area contributed by atoms with Crippen LogP contribution in [0.15, 0.2) is 0 Å². The number of rotatable bonds is 4. The van der Waals surface area contributed by atoms with Crippen molar-refractivity contribution in [1.82, 2.24) is 0 Å². The van der Waals surface area contributed by atoms with Gasteiger partial charge in [-0.3, -0.25) is 9.59 Å². The smallest absolute Gasteiger partial charge is 0.418 e. The van der Waals surface area contributed by atoms with Crippen molar-refractivity contribution in [3.63, 3.8) is 0 Å². The van der Waals surface area contributed by atoms with Gasteiger partial charge >= 0.3 is 12.1 Å². The van der Waals surface area contributed by atoms with E-state index in [0.717, 1.165) is 19.3 Å². The van der Waals surface area contributed by atoms with E-state index >= 15 is 0 Å². The molecule has 2 fully saturated rings. The van der Waals surface area contributed by atoms with Gasteiger partial charge in [-0.2, -0.15) is 13.2 Å². The zero-order valence-corrected chi connectivity index (χ0v) is 12.4. The van der Waals surface area contributed by atoms with E-state index < -0.39 is 23.2 Å². The highest BCUT2D eigenvalue weighted by atomic mass is 19.4. The highest BCUT2D eigenvalue weighted by Gasteiger charge is 2.72. The lowest BCUT2D eigenvalue weighted by Gasteiger charge is -2.31. The van der Waals surface area contributed by atoms with Crippen LogP contribution in [0.4, 0.5) is 13.2 Å². The van der Waals surface area contributed by atoms with Crippen LogP contribution in [0.3, 0.4) is 0 Å². The zero-order valence-electron chi connectivity index (χ0n) is 12.4. The van der Waals surface area contributed by atoms with E-state index in [1.807, 2.05) is 0 Å². The molecule has 0 heterocycles. The van der Waals surface area contributed by atoms with Crippen LogP contribution in [-0.2, 0) is 9.59 Å². The maximum absolute atomic E-state index is 12.2. The zero-order chi connectivity index (χ0) is 16.7. The molecule has 1 atom stereocenters. The minimum absolute atomic E-state index is 0.130. The fourth-order valence-corrected chi connectivity index (χ4v) is 2.41. The van der Waals surface area contributed by atoms with Crippen LogP contribution in [0, 0.1) is 10.8 Å². The van der Waals surface area contributed by atoms with Crippen molar-refractivity contribution in [3.8, 4) is 0 Å².